The van der Waals surface area contributed by atoms with Crippen molar-refractivity contribution in [3.63, 3.8) is 0 Å². The lowest BCUT2D eigenvalue weighted by Crippen LogP contribution is -2.23. The van der Waals surface area contributed by atoms with E-state index in [1.165, 1.54) is 19.3 Å². The minimum absolute atomic E-state index is 0.00507. The standard InChI is InChI=1S/C10H19O/c1-4-10(2,3)11-8-7-9-5-6-9/h9H,1,4-8H2,2-3H3. The summed E-state index contributed by atoms with van der Waals surface area (Å²) in [6.45, 7) is 8.98. The number of hydrogen-bond acceptors (Lipinski definition) is 1. The second-order valence-corrected chi connectivity index (χ2v) is 4.09. The van der Waals surface area contributed by atoms with Crippen molar-refractivity contribution in [1.82, 2.24) is 0 Å². The second kappa shape index (κ2) is 3.57. The quantitative estimate of drug-likeness (QED) is 0.593. The van der Waals surface area contributed by atoms with E-state index in [1.807, 2.05) is 0 Å². The normalized spacial score (nSPS) is 18.8. The van der Waals surface area contributed by atoms with E-state index in [1.54, 1.807) is 0 Å². The highest BCUT2D eigenvalue weighted by atomic mass is 16.5. The maximum atomic E-state index is 5.67. The van der Waals surface area contributed by atoms with Gasteiger partial charge in [0, 0.05) is 6.61 Å². The summed E-state index contributed by atoms with van der Waals surface area (Å²) < 4.78 is 5.67. The van der Waals surface area contributed by atoms with Crippen LogP contribution in [0.25, 0.3) is 0 Å². The molecule has 1 fully saturated rings. The Morgan fingerprint density at radius 2 is 2.09 bits per heavy atom. The summed E-state index contributed by atoms with van der Waals surface area (Å²) in [5.74, 6) is 0.982. The van der Waals surface area contributed by atoms with Gasteiger partial charge < -0.3 is 4.74 Å². The van der Waals surface area contributed by atoms with Gasteiger partial charge in [-0.05, 0) is 32.6 Å². The molecule has 0 saturated heterocycles. The van der Waals surface area contributed by atoms with Gasteiger partial charge in [-0.15, -0.1) is 0 Å². The summed E-state index contributed by atoms with van der Waals surface area (Å²) >= 11 is 0. The van der Waals surface area contributed by atoms with E-state index >= 15 is 0 Å². The Balaban J connectivity index is 1.99. The molecular formula is C10H19O. The molecule has 0 aromatic rings. The third kappa shape index (κ3) is 3.76. The van der Waals surface area contributed by atoms with Gasteiger partial charge in [0.25, 0.3) is 0 Å². The molecular weight excluding hydrogens is 136 g/mol. The number of hydrogen-bond donors (Lipinski definition) is 0. The Hall–Kier alpha value is -0.0400. The first-order valence-electron chi connectivity index (χ1n) is 4.57. The highest BCUT2D eigenvalue weighted by Crippen LogP contribution is 2.32. The number of ether oxygens (including phenoxy) is 1. The first-order chi connectivity index (χ1) is 5.14. The predicted molar refractivity (Wildman–Crippen MR) is 47.3 cm³/mol. The first kappa shape index (κ1) is 9.05. The minimum atomic E-state index is -0.00507. The molecule has 0 spiro atoms. The van der Waals surface area contributed by atoms with Crippen molar-refractivity contribution in [1.29, 1.82) is 0 Å². The molecule has 1 aliphatic rings. The van der Waals surface area contributed by atoms with E-state index < -0.39 is 0 Å². The Morgan fingerprint density at radius 1 is 1.45 bits per heavy atom. The Kier molecular flexibility index (Phi) is 2.94. The molecule has 0 atom stereocenters. The van der Waals surface area contributed by atoms with Gasteiger partial charge >= 0.3 is 0 Å². The lowest BCUT2D eigenvalue weighted by atomic mass is 10.1. The Morgan fingerprint density at radius 3 is 2.55 bits per heavy atom. The minimum Gasteiger partial charge on any atom is -0.376 e. The Labute approximate surface area is 70.1 Å². The average Bonchev–Trinajstić information content (AvgIpc) is 2.71. The second-order valence-electron chi connectivity index (χ2n) is 4.09. The van der Waals surface area contributed by atoms with Crippen molar-refractivity contribution in [2.75, 3.05) is 6.61 Å². The molecule has 1 radical (unpaired) electrons. The molecule has 65 valence electrons. The molecule has 0 aliphatic heterocycles. The van der Waals surface area contributed by atoms with Crippen molar-refractivity contribution in [3.05, 3.63) is 6.92 Å². The molecule has 0 amide bonds. The van der Waals surface area contributed by atoms with Gasteiger partial charge in [-0.1, -0.05) is 19.8 Å². The molecule has 11 heavy (non-hydrogen) atoms. The van der Waals surface area contributed by atoms with Crippen LogP contribution in [0.2, 0.25) is 0 Å². The van der Waals surface area contributed by atoms with E-state index in [9.17, 15) is 0 Å². The molecule has 0 bridgehead atoms. The van der Waals surface area contributed by atoms with Crippen LogP contribution in [0.3, 0.4) is 0 Å². The molecule has 0 aromatic heterocycles. The van der Waals surface area contributed by atoms with E-state index in [0.717, 1.165) is 18.9 Å². The fourth-order valence-corrected chi connectivity index (χ4v) is 0.981. The predicted octanol–water partition coefficient (Wildman–Crippen LogP) is 2.81. The lowest BCUT2D eigenvalue weighted by Gasteiger charge is -2.23. The van der Waals surface area contributed by atoms with Gasteiger partial charge in [-0.2, -0.15) is 0 Å². The first-order valence-corrected chi connectivity index (χ1v) is 4.57. The summed E-state index contributed by atoms with van der Waals surface area (Å²) in [7, 11) is 0. The van der Waals surface area contributed by atoms with Gasteiger partial charge in [0.1, 0.15) is 0 Å². The summed E-state index contributed by atoms with van der Waals surface area (Å²) in [5, 5.41) is 0. The molecule has 1 heteroatoms. The van der Waals surface area contributed by atoms with Gasteiger partial charge in [0.15, 0.2) is 0 Å². The Bertz CT molecular complexity index is 114. The SMILES string of the molecule is [CH2]CC(C)(C)OCCC1CC1. The fourth-order valence-electron chi connectivity index (χ4n) is 0.981. The maximum absolute atomic E-state index is 5.67. The van der Waals surface area contributed by atoms with E-state index in [-0.39, 0.29) is 5.60 Å². The van der Waals surface area contributed by atoms with Crippen LogP contribution in [-0.2, 0) is 4.74 Å². The van der Waals surface area contributed by atoms with Crippen LogP contribution in [0.4, 0.5) is 0 Å². The van der Waals surface area contributed by atoms with Crippen LogP contribution in [0.5, 0.6) is 0 Å². The third-order valence-corrected chi connectivity index (χ3v) is 2.32. The monoisotopic (exact) mass is 155 g/mol. The summed E-state index contributed by atoms with van der Waals surface area (Å²) in [4.78, 5) is 0. The largest absolute Gasteiger partial charge is 0.376 e. The van der Waals surface area contributed by atoms with Crippen molar-refractivity contribution < 1.29 is 4.74 Å². The van der Waals surface area contributed by atoms with Gasteiger partial charge in [-0.3, -0.25) is 0 Å². The number of rotatable bonds is 5. The van der Waals surface area contributed by atoms with Crippen LogP contribution in [0.1, 0.15) is 39.5 Å². The van der Waals surface area contributed by atoms with Crippen LogP contribution in [-0.4, -0.2) is 12.2 Å². The smallest absolute Gasteiger partial charge is 0.0626 e. The van der Waals surface area contributed by atoms with Crippen LogP contribution in [0.15, 0.2) is 0 Å². The molecule has 0 heterocycles. The van der Waals surface area contributed by atoms with Gasteiger partial charge in [0.2, 0.25) is 0 Å². The molecule has 1 rings (SSSR count). The van der Waals surface area contributed by atoms with Crippen LogP contribution < -0.4 is 0 Å². The molecule has 0 N–H and O–H groups in total. The summed E-state index contributed by atoms with van der Waals surface area (Å²) in [5.41, 5.74) is -0.00507. The van der Waals surface area contributed by atoms with Gasteiger partial charge in [0.05, 0.1) is 5.60 Å². The van der Waals surface area contributed by atoms with Crippen molar-refractivity contribution in [2.45, 2.75) is 45.1 Å². The molecule has 0 unspecified atom stereocenters. The molecule has 1 aliphatic carbocycles. The highest BCUT2D eigenvalue weighted by molar-refractivity contribution is 4.74. The highest BCUT2D eigenvalue weighted by Gasteiger charge is 2.22. The average molecular weight is 155 g/mol. The maximum Gasteiger partial charge on any atom is 0.0626 e. The van der Waals surface area contributed by atoms with E-state index in [0.29, 0.717) is 0 Å². The van der Waals surface area contributed by atoms with Crippen molar-refractivity contribution in [2.24, 2.45) is 5.92 Å². The van der Waals surface area contributed by atoms with E-state index in [2.05, 4.69) is 20.8 Å². The zero-order valence-electron chi connectivity index (χ0n) is 7.73. The fraction of sp³-hybridized carbons (Fsp3) is 0.900. The van der Waals surface area contributed by atoms with Crippen molar-refractivity contribution in [3.8, 4) is 0 Å². The van der Waals surface area contributed by atoms with E-state index in [4.69, 9.17) is 4.74 Å². The molecule has 1 nitrogen and oxygen atoms in total. The summed E-state index contributed by atoms with van der Waals surface area (Å²) in [6.07, 6.45) is 4.96. The van der Waals surface area contributed by atoms with Crippen LogP contribution >= 0.6 is 0 Å². The molecule has 1 saturated carbocycles. The zero-order valence-corrected chi connectivity index (χ0v) is 7.73. The lowest BCUT2D eigenvalue weighted by molar-refractivity contribution is -0.0182. The molecule has 0 aromatic carbocycles. The van der Waals surface area contributed by atoms with Gasteiger partial charge in [-0.25, -0.2) is 0 Å². The zero-order chi connectivity index (χ0) is 8.32. The third-order valence-electron chi connectivity index (χ3n) is 2.32. The topological polar surface area (TPSA) is 9.23 Å². The van der Waals surface area contributed by atoms with Crippen molar-refractivity contribution >= 4 is 0 Å². The van der Waals surface area contributed by atoms with Crippen LogP contribution in [0, 0.1) is 12.8 Å². The summed E-state index contributed by atoms with van der Waals surface area (Å²) in [6, 6.07) is 0.